The molecule has 0 radical (unpaired) electrons. The van der Waals surface area contributed by atoms with Crippen LogP contribution in [0.15, 0.2) is 0 Å². The van der Waals surface area contributed by atoms with Crippen molar-refractivity contribution in [3.8, 4) is 5.75 Å². The molecule has 1 aromatic rings. The normalized spacial score (nSPS) is 10.4. The maximum absolute atomic E-state index is 13.2. The van der Waals surface area contributed by atoms with Gasteiger partial charge in [-0.3, -0.25) is 4.79 Å². The van der Waals surface area contributed by atoms with Crippen molar-refractivity contribution >= 4 is 5.97 Å². The van der Waals surface area contributed by atoms with Crippen molar-refractivity contribution in [2.75, 3.05) is 0 Å². The Bertz CT molecular complexity index is 443. The minimum absolute atomic E-state index is 0.136. The van der Waals surface area contributed by atoms with Crippen LogP contribution in [-0.4, -0.2) is 5.97 Å². The molecular formula is C10H8F4O2. The van der Waals surface area contributed by atoms with Crippen molar-refractivity contribution < 1.29 is 27.1 Å². The van der Waals surface area contributed by atoms with Crippen LogP contribution in [0.1, 0.15) is 19.4 Å². The van der Waals surface area contributed by atoms with Crippen molar-refractivity contribution in [3.63, 3.8) is 0 Å². The SMILES string of the molecule is CCc1c(F)c(F)c(F)c(F)c1OC(C)=O. The summed E-state index contributed by atoms with van der Waals surface area (Å²) in [7, 11) is 0. The zero-order valence-corrected chi connectivity index (χ0v) is 8.54. The Kier molecular flexibility index (Phi) is 3.51. The second-order valence-electron chi connectivity index (χ2n) is 3.01. The van der Waals surface area contributed by atoms with E-state index in [0.717, 1.165) is 6.92 Å². The molecule has 0 aliphatic heterocycles. The molecule has 16 heavy (non-hydrogen) atoms. The summed E-state index contributed by atoms with van der Waals surface area (Å²) in [6, 6.07) is 0. The first-order valence-corrected chi connectivity index (χ1v) is 4.43. The van der Waals surface area contributed by atoms with Gasteiger partial charge < -0.3 is 4.74 Å². The number of carbonyl (C=O) groups is 1. The number of hydrogen-bond acceptors (Lipinski definition) is 2. The third-order valence-corrected chi connectivity index (χ3v) is 1.92. The molecule has 0 fully saturated rings. The van der Waals surface area contributed by atoms with Gasteiger partial charge in [-0.25, -0.2) is 13.2 Å². The smallest absolute Gasteiger partial charge is 0.308 e. The van der Waals surface area contributed by atoms with Crippen LogP contribution in [0.5, 0.6) is 5.75 Å². The van der Waals surface area contributed by atoms with Crippen LogP contribution in [0.2, 0.25) is 0 Å². The Labute approximate surface area is 88.8 Å². The van der Waals surface area contributed by atoms with E-state index in [0.29, 0.717) is 0 Å². The highest BCUT2D eigenvalue weighted by atomic mass is 19.2. The van der Waals surface area contributed by atoms with Crippen molar-refractivity contribution in [2.45, 2.75) is 20.3 Å². The van der Waals surface area contributed by atoms with Crippen LogP contribution in [0, 0.1) is 23.3 Å². The Morgan fingerprint density at radius 3 is 2.00 bits per heavy atom. The van der Waals surface area contributed by atoms with E-state index in [1.54, 1.807) is 0 Å². The van der Waals surface area contributed by atoms with Gasteiger partial charge in [0.1, 0.15) is 0 Å². The fourth-order valence-corrected chi connectivity index (χ4v) is 1.22. The molecular weight excluding hydrogens is 228 g/mol. The predicted molar refractivity (Wildman–Crippen MR) is 47.0 cm³/mol. The van der Waals surface area contributed by atoms with E-state index in [1.807, 2.05) is 0 Å². The number of hydrogen-bond donors (Lipinski definition) is 0. The standard InChI is InChI=1S/C10H8F4O2/c1-3-5-6(11)7(12)8(13)9(14)10(5)16-4(2)15/h3H2,1-2H3. The highest BCUT2D eigenvalue weighted by Crippen LogP contribution is 2.30. The van der Waals surface area contributed by atoms with Gasteiger partial charge in [-0.05, 0) is 6.42 Å². The number of ether oxygens (including phenoxy) is 1. The minimum atomic E-state index is -1.99. The summed E-state index contributed by atoms with van der Waals surface area (Å²) in [5.74, 6) is -9.00. The third-order valence-electron chi connectivity index (χ3n) is 1.92. The zero-order chi connectivity index (χ0) is 12.5. The van der Waals surface area contributed by atoms with Crippen LogP contribution in [0.25, 0.3) is 0 Å². The molecule has 0 spiro atoms. The Morgan fingerprint density at radius 1 is 1.06 bits per heavy atom. The van der Waals surface area contributed by atoms with Gasteiger partial charge in [-0.2, -0.15) is 4.39 Å². The molecule has 0 aliphatic carbocycles. The summed E-state index contributed by atoms with van der Waals surface area (Å²) in [5.41, 5.74) is -0.508. The largest absolute Gasteiger partial charge is 0.423 e. The fourth-order valence-electron chi connectivity index (χ4n) is 1.22. The quantitative estimate of drug-likeness (QED) is 0.259. The maximum Gasteiger partial charge on any atom is 0.308 e. The summed E-state index contributed by atoms with van der Waals surface area (Å²) in [5, 5.41) is 0. The van der Waals surface area contributed by atoms with Gasteiger partial charge in [0.05, 0.1) is 0 Å². The number of rotatable bonds is 2. The van der Waals surface area contributed by atoms with Crippen LogP contribution in [-0.2, 0) is 11.2 Å². The molecule has 0 aliphatic rings. The molecule has 0 N–H and O–H groups in total. The third kappa shape index (κ3) is 2.00. The van der Waals surface area contributed by atoms with E-state index in [1.165, 1.54) is 6.92 Å². The first-order chi connectivity index (χ1) is 7.40. The molecule has 1 rings (SSSR count). The van der Waals surface area contributed by atoms with Gasteiger partial charge in [-0.15, -0.1) is 0 Å². The van der Waals surface area contributed by atoms with Crippen LogP contribution >= 0.6 is 0 Å². The lowest BCUT2D eigenvalue weighted by Crippen LogP contribution is -2.11. The van der Waals surface area contributed by atoms with Gasteiger partial charge in [0, 0.05) is 12.5 Å². The Balaban J connectivity index is 3.50. The molecule has 0 aromatic heterocycles. The molecule has 0 atom stereocenters. The van der Waals surface area contributed by atoms with E-state index < -0.39 is 40.6 Å². The van der Waals surface area contributed by atoms with Crippen LogP contribution in [0.3, 0.4) is 0 Å². The fraction of sp³-hybridized carbons (Fsp3) is 0.300. The lowest BCUT2D eigenvalue weighted by Gasteiger charge is -2.10. The van der Waals surface area contributed by atoms with Crippen LogP contribution < -0.4 is 4.74 Å². The Hall–Kier alpha value is -1.59. The average molecular weight is 236 g/mol. The van der Waals surface area contributed by atoms with Crippen LogP contribution in [0.4, 0.5) is 17.6 Å². The second-order valence-corrected chi connectivity index (χ2v) is 3.01. The van der Waals surface area contributed by atoms with E-state index in [9.17, 15) is 22.4 Å². The molecule has 1 aromatic carbocycles. The molecule has 0 bridgehead atoms. The second kappa shape index (κ2) is 4.51. The van der Waals surface area contributed by atoms with Gasteiger partial charge in [0.15, 0.2) is 17.4 Å². The molecule has 0 heterocycles. The average Bonchev–Trinajstić information content (AvgIpc) is 2.23. The highest BCUT2D eigenvalue weighted by Gasteiger charge is 2.26. The van der Waals surface area contributed by atoms with E-state index >= 15 is 0 Å². The zero-order valence-electron chi connectivity index (χ0n) is 8.54. The highest BCUT2D eigenvalue weighted by molar-refractivity contribution is 5.70. The number of esters is 1. The van der Waals surface area contributed by atoms with Gasteiger partial charge >= 0.3 is 5.97 Å². The van der Waals surface area contributed by atoms with Crippen molar-refractivity contribution in [3.05, 3.63) is 28.8 Å². The molecule has 6 heteroatoms. The van der Waals surface area contributed by atoms with Crippen molar-refractivity contribution in [1.82, 2.24) is 0 Å². The first-order valence-electron chi connectivity index (χ1n) is 4.43. The number of benzene rings is 1. The predicted octanol–water partition coefficient (Wildman–Crippen LogP) is 2.73. The summed E-state index contributed by atoms with van der Waals surface area (Å²) in [6.45, 7) is 2.33. The van der Waals surface area contributed by atoms with Gasteiger partial charge in [0.2, 0.25) is 11.6 Å². The lowest BCUT2D eigenvalue weighted by atomic mass is 10.1. The minimum Gasteiger partial charge on any atom is -0.423 e. The van der Waals surface area contributed by atoms with E-state index in [2.05, 4.69) is 4.74 Å². The molecule has 0 unspecified atom stereocenters. The first kappa shape index (κ1) is 12.5. The summed E-state index contributed by atoms with van der Waals surface area (Å²) < 4.78 is 56.4. The van der Waals surface area contributed by atoms with E-state index in [-0.39, 0.29) is 6.42 Å². The van der Waals surface area contributed by atoms with Crippen molar-refractivity contribution in [1.29, 1.82) is 0 Å². The summed E-state index contributed by atoms with van der Waals surface area (Å²) >= 11 is 0. The topological polar surface area (TPSA) is 26.3 Å². The summed E-state index contributed by atoms with van der Waals surface area (Å²) in [6.07, 6.45) is -0.136. The molecule has 0 saturated heterocycles. The summed E-state index contributed by atoms with van der Waals surface area (Å²) in [4.78, 5) is 10.6. The van der Waals surface area contributed by atoms with Gasteiger partial charge in [-0.1, -0.05) is 6.92 Å². The lowest BCUT2D eigenvalue weighted by molar-refractivity contribution is -0.132. The van der Waals surface area contributed by atoms with Crippen molar-refractivity contribution in [2.24, 2.45) is 0 Å². The molecule has 0 saturated carbocycles. The van der Waals surface area contributed by atoms with E-state index in [4.69, 9.17) is 0 Å². The molecule has 2 nitrogen and oxygen atoms in total. The van der Waals surface area contributed by atoms with Gasteiger partial charge in [0.25, 0.3) is 0 Å². The number of halogens is 4. The molecule has 0 amide bonds. The monoisotopic (exact) mass is 236 g/mol. The number of carbonyl (C=O) groups excluding carboxylic acids is 1. The Morgan fingerprint density at radius 2 is 1.56 bits per heavy atom. The maximum atomic E-state index is 13.2. The molecule has 88 valence electrons.